The van der Waals surface area contributed by atoms with Crippen LogP contribution in [0.25, 0.3) is 0 Å². The SMILES string of the molecule is CC(=O)NC(CC(=O)O)C(=O)NC(CCC(=O)O)C(=O)NC(C(=O)N(c1ccc([N+](=O)[O-])cc1)C(CC(N)=O)C(=O)O)C(C)C. The highest BCUT2D eigenvalue weighted by Crippen LogP contribution is 2.25. The largest absolute Gasteiger partial charge is 0.481 e. The fourth-order valence-corrected chi connectivity index (χ4v) is 4.03. The van der Waals surface area contributed by atoms with Crippen molar-refractivity contribution in [2.45, 2.75) is 70.6 Å². The first-order valence-corrected chi connectivity index (χ1v) is 13.3. The monoisotopic (exact) mass is 638 g/mol. The molecule has 4 unspecified atom stereocenters. The number of carbonyl (C=O) groups excluding carboxylic acids is 5. The van der Waals surface area contributed by atoms with E-state index in [2.05, 4.69) is 16.0 Å². The topological polar surface area (TPSA) is 306 Å². The zero-order valence-electron chi connectivity index (χ0n) is 24.4. The number of hydrogen-bond acceptors (Lipinski definition) is 10. The minimum atomic E-state index is -1.92. The van der Waals surface area contributed by atoms with Crippen LogP contribution in [0.1, 0.15) is 46.5 Å². The molecule has 0 fully saturated rings. The van der Waals surface area contributed by atoms with Gasteiger partial charge in [-0.2, -0.15) is 0 Å². The summed E-state index contributed by atoms with van der Waals surface area (Å²) in [6.45, 7) is 3.91. The molecule has 0 aliphatic heterocycles. The van der Waals surface area contributed by atoms with Crippen LogP contribution in [-0.4, -0.2) is 91.9 Å². The van der Waals surface area contributed by atoms with Crippen LogP contribution >= 0.6 is 0 Å². The summed E-state index contributed by atoms with van der Waals surface area (Å²) in [7, 11) is 0. The number of carboxylic acid groups (broad SMARTS) is 3. The van der Waals surface area contributed by atoms with Crippen molar-refractivity contribution in [1.29, 1.82) is 0 Å². The minimum absolute atomic E-state index is 0.207. The van der Waals surface area contributed by atoms with Gasteiger partial charge in [0.2, 0.25) is 23.6 Å². The average molecular weight is 639 g/mol. The van der Waals surface area contributed by atoms with Crippen molar-refractivity contribution in [2.75, 3.05) is 4.90 Å². The maximum Gasteiger partial charge on any atom is 0.327 e. The molecule has 5 amide bonds. The van der Waals surface area contributed by atoms with E-state index < -0.39 is 114 Å². The fourth-order valence-electron chi connectivity index (χ4n) is 4.03. The van der Waals surface area contributed by atoms with Gasteiger partial charge in [0.05, 0.1) is 17.8 Å². The lowest BCUT2D eigenvalue weighted by atomic mass is 9.99. The van der Waals surface area contributed by atoms with Gasteiger partial charge in [-0.25, -0.2) is 4.79 Å². The summed E-state index contributed by atoms with van der Waals surface area (Å²) in [6, 6.07) is -2.79. The molecular weight excluding hydrogens is 604 g/mol. The summed E-state index contributed by atoms with van der Waals surface area (Å²) in [6.07, 6.45) is -2.98. The number of carboxylic acids is 3. The second-order valence-electron chi connectivity index (χ2n) is 10.1. The van der Waals surface area contributed by atoms with Gasteiger partial charge in [0.1, 0.15) is 24.2 Å². The Hall–Kier alpha value is -5.62. The number of primary amides is 1. The van der Waals surface area contributed by atoms with E-state index in [1.54, 1.807) is 0 Å². The van der Waals surface area contributed by atoms with Gasteiger partial charge in [-0.3, -0.25) is 48.6 Å². The molecule has 246 valence electrons. The number of nitrogens with one attached hydrogen (secondary N) is 3. The number of carbonyl (C=O) groups is 8. The average Bonchev–Trinajstić information content (AvgIpc) is 2.91. The molecule has 0 aliphatic rings. The van der Waals surface area contributed by atoms with E-state index in [1.165, 1.54) is 13.8 Å². The first-order valence-electron chi connectivity index (χ1n) is 13.3. The van der Waals surface area contributed by atoms with Crippen molar-refractivity contribution in [2.24, 2.45) is 11.7 Å². The number of benzene rings is 1. The van der Waals surface area contributed by atoms with Crippen molar-refractivity contribution >= 4 is 58.8 Å². The van der Waals surface area contributed by atoms with E-state index in [1.807, 2.05) is 0 Å². The number of aliphatic carboxylic acids is 3. The summed E-state index contributed by atoms with van der Waals surface area (Å²) >= 11 is 0. The molecule has 4 atom stereocenters. The normalized spacial score (nSPS) is 13.3. The number of nitro groups is 1. The van der Waals surface area contributed by atoms with Crippen LogP contribution in [0, 0.1) is 16.0 Å². The molecule has 19 nitrogen and oxygen atoms in total. The van der Waals surface area contributed by atoms with Crippen molar-refractivity contribution in [1.82, 2.24) is 16.0 Å². The standard InChI is InChI=1S/C26H34N6O13/c1-12(2)22(25(41)31(18(26(42)43)11-19(27)34)14-4-6-15(7-5-14)32(44)45)30-23(39)16(8-9-20(35)36)29-24(40)17(10-21(37)38)28-13(3)33/h4-7,12,16-18,22H,8-11H2,1-3H3,(H2,27,34)(H,28,33)(H,29,40)(H,30,39)(H,35,36)(H,37,38)(H,42,43). The number of nitrogens with two attached hydrogens (primary N) is 1. The van der Waals surface area contributed by atoms with Crippen molar-refractivity contribution in [3.63, 3.8) is 0 Å². The molecule has 0 saturated heterocycles. The van der Waals surface area contributed by atoms with Gasteiger partial charge in [0.25, 0.3) is 11.6 Å². The molecule has 0 radical (unpaired) electrons. The molecule has 0 aliphatic carbocycles. The smallest absolute Gasteiger partial charge is 0.327 e. The van der Waals surface area contributed by atoms with E-state index in [0.717, 1.165) is 31.2 Å². The number of anilines is 1. The van der Waals surface area contributed by atoms with Crippen LogP contribution in [0.15, 0.2) is 24.3 Å². The quantitative estimate of drug-likeness (QED) is 0.0729. The summed E-state index contributed by atoms with van der Waals surface area (Å²) in [5, 5.41) is 45.8. The highest BCUT2D eigenvalue weighted by molar-refractivity contribution is 6.05. The second kappa shape index (κ2) is 16.9. The molecule has 0 bridgehead atoms. The van der Waals surface area contributed by atoms with Crippen molar-refractivity contribution in [3.8, 4) is 0 Å². The van der Waals surface area contributed by atoms with Gasteiger partial charge in [0.15, 0.2) is 0 Å². The lowest BCUT2D eigenvalue weighted by Gasteiger charge is -2.34. The van der Waals surface area contributed by atoms with Gasteiger partial charge in [0, 0.05) is 31.2 Å². The summed E-state index contributed by atoms with van der Waals surface area (Å²) < 4.78 is 0. The van der Waals surface area contributed by atoms with E-state index in [9.17, 15) is 53.6 Å². The molecule has 1 rings (SSSR count). The van der Waals surface area contributed by atoms with Crippen LogP contribution in [-0.2, 0) is 38.4 Å². The van der Waals surface area contributed by atoms with Crippen LogP contribution in [0.5, 0.6) is 0 Å². The van der Waals surface area contributed by atoms with E-state index in [4.69, 9.17) is 15.9 Å². The Balaban J connectivity index is 3.53. The van der Waals surface area contributed by atoms with Crippen molar-refractivity contribution < 1.29 is 58.6 Å². The minimum Gasteiger partial charge on any atom is -0.481 e. The third-order valence-corrected chi connectivity index (χ3v) is 6.15. The zero-order valence-corrected chi connectivity index (χ0v) is 24.4. The fraction of sp³-hybridized carbons (Fsp3) is 0.462. The number of hydrogen-bond donors (Lipinski definition) is 7. The Kier molecular flexibility index (Phi) is 14.0. The number of amides is 5. The molecule has 0 spiro atoms. The first-order chi connectivity index (χ1) is 20.8. The maximum atomic E-state index is 13.9. The predicted octanol–water partition coefficient (Wildman–Crippen LogP) is -1.27. The Bertz CT molecular complexity index is 1310. The van der Waals surface area contributed by atoms with Gasteiger partial charge < -0.3 is 37.0 Å². The Labute approximate surface area is 255 Å². The molecule has 0 saturated carbocycles. The first kappa shape index (κ1) is 37.4. The van der Waals surface area contributed by atoms with Gasteiger partial charge in [-0.05, 0) is 24.5 Å². The predicted molar refractivity (Wildman–Crippen MR) is 151 cm³/mol. The van der Waals surface area contributed by atoms with Crippen molar-refractivity contribution in [3.05, 3.63) is 34.4 Å². The second-order valence-corrected chi connectivity index (χ2v) is 10.1. The Morgan fingerprint density at radius 2 is 1.42 bits per heavy atom. The lowest BCUT2D eigenvalue weighted by Crippen LogP contribution is -2.60. The molecular formula is C26H34N6O13. The van der Waals surface area contributed by atoms with Crippen LogP contribution < -0.4 is 26.6 Å². The van der Waals surface area contributed by atoms with Gasteiger partial charge in [-0.15, -0.1) is 0 Å². The number of non-ortho nitro benzene ring substituents is 1. The highest BCUT2D eigenvalue weighted by atomic mass is 16.6. The number of rotatable bonds is 18. The Morgan fingerprint density at radius 1 is 0.867 bits per heavy atom. The molecule has 0 heterocycles. The third kappa shape index (κ3) is 11.9. The molecule has 45 heavy (non-hydrogen) atoms. The van der Waals surface area contributed by atoms with E-state index in [0.29, 0.717) is 4.90 Å². The maximum absolute atomic E-state index is 13.9. The van der Waals surface area contributed by atoms with Crippen LogP contribution in [0.2, 0.25) is 0 Å². The highest BCUT2D eigenvalue weighted by Gasteiger charge is 2.39. The Morgan fingerprint density at radius 3 is 1.84 bits per heavy atom. The molecule has 1 aromatic carbocycles. The third-order valence-electron chi connectivity index (χ3n) is 6.15. The molecule has 8 N–H and O–H groups in total. The molecule has 19 heteroatoms. The molecule has 1 aromatic rings. The number of nitro benzene ring substituents is 1. The summed E-state index contributed by atoms with van der Waals surface area (Å²) in [4.78, 5) is 109. The van der Waals surface area contributed by atoms with Gasteiger partial charge >= 0.3 is 17.9 Å². The van der Waals surface area contributed by atoms with Crippen LogP contribution in [0.3, 0.4) is 0 Å². The van der Waals surface area contributed by atoms with Gasteiger partial charge in [-0.1, -0.05) is 13.8 Å². The summed E-state index contributed by atoms with van der Waals surface area (Å²) in [5.74, 6) is -10.6. The number of nitrogens with zero attached hydrogens (tertiary/aromatic N) is 2. The molecule has 0 aromatic heterocycles. The summed E-state index contributed by atoms with van der Waals surface area (Å²) in [5.41, 5.74) is 4.60. The van der Waals surface area contributed by atoms with E-state index in [-0.39, 0.29) is 5.69 Å². The van der Waals surface area contributed by atoms with Crippen LogP contribution in [0.4, 0.5) is 11.4 Å². The lowest BCUT2D eigenvalue weighted by molar-refractivity contribution is -0.384. The zero-order chi connectivity index (χ0) is 34.6. The van der Waals surface area contributed by atoms with E-state index >= 15 is 0 Å².